The molecule has 0 aromatic heterocycles. The molecule has 1 aliphatic carbocycles. The standard InChI is InChI=1S/C17H31N3/c1-14-10-17(11-14)4-8-20(9-5-17)15-2-6-19(7-3-15)16-12-18-13-16/h14-16,18H,2-13H2,1H3. The Kier molecular flexibility index (Phi) is 3.56. The zero-order valence-corrected chi connectivity index (χ0v) is 13.1. The molecule has 3 heteroatoms. The van der Waals surface area contributed by atoms with Gasteiger partial charge in [-0.05, 0) is 62.9 Å². The summed E-state index contributed by atoms with van der Waals surface area (Å²) in [5.41, 5.74) is 0.786. The molecule has 0 unspecified atom stereocenters. The fourth-order valence-electron chi connectivity index (χ4n) is 5.34. The molecule has 1 spiro atoms. The largest absolute Gasteiger partial charge is 0.314 e. The molecule has 0 radical (unpaired) electrons. The van der Waals surface area contributed by atoms with Gasteiger partial charge < -0.3 is 10.2 Å². The summed E-state index contributed by atoms with van der Waals surface area (Å²) >= 11 is 0. The molecule has 114 valence electrons. The zero-order valence-electron chi connectivity index (χ0n) is 13.1. The quantitative estimate of drug-likeness (QED) is 0.832. The molecule has 20 heavy (non-hydrogen) atoms. The van der Waals surface area contributed by atoms with Crippen molar-refractivity contribution in [3.8, 4) is 0 Å². The van der Waals surface area contributed by atoms with Crippen LogP contribution in [0.1, 0.15) is 45.4 Å². The molecule has 4 aliphatic rings. The van der Waals surface area contributed by atoms with Gasteiger partial charge in [0.1, 0.15) is 0 Å². The first kappa shape index (κ1) is 13.5. The molecule has 1 saturated carbocycles. The van der Waals surface area contributed by atoms with Crippen LogP contribution < -0.4 is 5.32 Å². The van der Waals surface area contributed by atoms with Crippen molar-refractivity contribution in [3.63, 3.8) is 0 Å². The molecule has 0 aromatic rings. The Balaban J connectivity index is 1.24. The molecular weight excluding hydrogens is 246 g/mol. The third-order valence-corrected chi connectivity index (χ3v) is 6.71. The molecule has 1 N–H and O–H groups in total. The number of piperidine rings is 2. The summed E-state index contributed by atoms with van der Waals surface area (Å²) in [6, 6.07) is 1.76. The van der Waals surface area contributed by atoms with Gasteiger partial charge in [0.2, 0.25) is 0 Å². The smallest absolute Gasteiger partial charge is 0.0345 e. The zero-order chi connectivity index (χ0) is 13.6. The number of rotatable bonds is 2. The summed E-state index contributed by atoms with van der Waals surface area (Å²) in [4.78, 5) is 5.57. The fourth-order valence-corrected chi connectivity index (χ4v) is 5.34. The minimum absolute atomic E-state index is 0.786. The van der Waals surface area contributed by atoms with E-state index in [4.69, 9.17) is 0 Å². The van der Waals surface area contributed by atoms with E-state index in [9.17, 15) is 0 Å². The number of nitrogens with zero attached hydrogens (tertiary/aromatic N) is 2. The normalized spacial score (nSPS) is 34.0. The van der Waals surface area contributed by atoms with E-state index in [1.807, 2.05) is 0 Å². The number of hydrogen-bond donors (Lipinski definition) is 1. The van der Waals surface area contributed by atoms with Gasteiger partial charge in [-0.1, -0.05) is 6.92 Å². The molecule has 4 fully saturated rings. The second kappa shape index (κ2) is 5.26. The van der Waals surface area contributed by atoms with Crippen molar-refractivity contribution in [3.05, 3.63) is 0 Å². The highest BCUT2D eigenvalue weighted by Crippen LogP contribution is 2.52. The van der Waals surface area contributed by atoms with Crippen LogP contribution in [0.15, 0.2) is 0 Å². The summed E-state index contributed by atoms with van der Waals surface area (Å²) in [6.45, 7) is 10.4. The van der Waals surface area contributed by atoms with Gasteiger partial charge in [-0.15, -0.1) is 0 Å². The second-order valence-electron chi connectivity index (χ2n) is 8.13. The lowest BCUT2D eigenvalue weighted by molar-refractivity contribution is -0.0294. The molecule has 3 heterocycles. The molecule has 0 aromatic carbocycles. The number of hydrogen-bond acceptors (Lipinski definition) is 3. The summed E-state index contributed by atoms with van der Waals surface area (Å²) in [5, 5.41) is 3.41. The van der Waals surface area contributed by atoms with Crippen molar-refractivity contribution in [1.82, 2.24) is 15.1 Å². The van der Waals surface area contributed by atoms with Crippen molar-refractivity contribution in [2.75, 3.05) is 39.3 Å². The number of likely N-dealkylation sites (tertiary alicyclic amines) is 2. The van der Waals surface area contributed by atoms with Crippen molar-refractivity contribution in [2.24, 2.45) is 11.3 Å². The first-order valence-electron chi connectivity index (χ1n) is 8.93. The predicted molar refractivity (Wildman–Crippen MR) is 82.9 cm³/mol. The highest BCUT2D eigenvalue weighted by Gasteiger charge is 2.44. The molecule has 0 atom stereocenters. The Morgan fingerprint density at radius 1 is 0.850 bits per heavy atom. The van der Waals surface area contributed by atoms with E-state index in [2.05, 4.69) is 22.0 Å². The van der Waals surface area contributed by atoms with Gasteiger partial charge in [0.25, 0.3) is 0 Å². The van der Waals surface area contributed by atoms with Crippen LogP contribution in [-0.4, -0.2) is 61.2 Å². The first-order chi connectivity index (χ1) is 9.74. The van der Waals surface area contributed by atoms with E-state index in [1.54, 1.807) is 0 Å². The van der Waals surface area contributed by atoms with Crippen LogP contribution in [0.3, 0.4) is 0 Å². The number of nitrogens with one attached hydrogen (secondary N) is 1. The van der Waals surface area contributed by atoms with Gasteiger partial charge in [0, 0.05) is 38.3 Å². The lowest BCUT2D eigenvalue weighted by Crippen LogP contribution is -2.60. The monoisotopic (exact) mass is 277 g/mol. The minimum Gasteiger partial charge on any atom is -0.314 e. The summed E-state index contributed by atoms with van der Waals surface area (Å²) in [5.74, 6) is 1.01. The van der Waals surface area contributed by atoms with E-state index in [-0.39, 0.29) is 0 Å². The Bertz CT molecular complexity index is 328. The fraction of sp³-hybridized carbons (Fsp3) is 1.00. The summed E-state index contributed by atoms with van der Waals surface area (Å²) < 4.78 is 0. The van der Waals surface area contributed by atoms with Crippen LogP contribution >= 0.6 is 0 Å². The second-order valence-corrected chi connectivity index (χ2v) is 8.13. The van der Waals surface area contributed by atoms with E-state index < -0.39 is 0 Å². The van der Waals surface area contributed by atoms with Crippen LogP contribution in [0.2, 0.25) is 0 Å². The summed E-state index contributed by atoms with van der Waals surface area (Å²) in [6.07, 6.45) is 8.86. The maximum absolute atomic E-state index is 3.41. The average Bonchev–Trinajstić information content (AvgIpc) is 2.37. The Morgan fingerprint density at radius 2 is 1.45 bits per heavy atom. The van der Waals surface area contributed by atoms with Crippen LogP contribution in [0.5, 0.6) is 0 Å². The van der Waals surface area contributed by atoms with Crippen LogP contribution in [0.4, 0.5) is 0 Å². The average molecular weight is 277 g/mol. The van der Waals surface area contributed by atoms with E-state index in [1.165, 1.54) is 77.8 Å². The van der Waals surface area contributed by atoms with Crippen LogP contribution in [-0.2, 0) is 0 Å². The van der Waals surface area contributed by atoms with Crippen molar-refractivity contribution in [1.29, 1.82) is 0 Å². The minimum atomic E-state index is 0.786. The van der Waals surface area contributed by atoms with Crippen molar-refractivity contribution < 1.29 is 0 Å². The first-order valence-corrected chi connectivity index (χ1v) is 8.93. The van der Waals surface area contributed by atoms with Gasteiger partial charge in [-0.25, -0.2) is 0 Å². The molecular formula is C17H31N3. The molecule has 0 bridgehead atoms. The highest BCUT2D eigenvalue weighted by molar-refractivity contribution is 4.97. The molecule has 3 nitrogen and oxygen atoms in total. The van der Waals surface area contributed by atoms with Gasteiger partial charge in [0.05, 0.1) is 0 Å². The Morgan fingerprint density at radius 3 is 1.95 bits per heavy atom. The van der Waals surface area contributed by atoms with Crippen LogP contribution in [0, 0.1) is 11.3 Å². The molecule has 3 saturated heterocycles. The third-order valence-electron chi connectivity index (χ3n) is 6.71. The highest BCUT2D eigenvalue weighted by atomic mass is 15.3. The van der Waals surface area contributed by atoms with Crippen molar-refractivity contribution in [2.45, 2.75) is 57.5 Å². The predicted octanol–water partition coefficient (Wildman–Crippen LogP) is 1.93. The maximum atomic E-state index is 3.41. The third kappa shape index (κ3) is 2.42. The van der Waals surface area contributed by atoms with E-state index in [0.29, 0.717) is 0 Å². The van der Waals surface area contributed by atoms with Crippen LogP contribution in [0.25, 0.3) is 0 Å². The SMILES string of the molecule is CC1CC2(CCN(C3CCN(C4CNC4)CC3)CC2)C1. The van der Waals surface area contributed by atoms with E-state index >= 15 is 0 Å². The maximum Gasteiger partial charge on any atom is 0.0345 e. The lowest BCUT2D eigenvalue weighted by Gasteiger charge is -2.53. The molecule has 4 rings (SSSR count). The van der Waals surface area contributed by atoms with E-state index in [0.717, 1.165) is 23.4 Å². The van der Waals surface area contributed by atoms with Gasteiger partial charge in [0.15, 0.2) is 0 Å². The summed E-state index contributed by atoms with van der Waals surface area (Å²) in [7, 11) is 0. The molecule has 3 aliphatic heterocycles. The lowest BCUT2D eigenvalue weighted by atomic mass is 9.58. The van der Waals surface area contributed by atoms with Gasteiger partial charge in [-0.2, -0.15) is 0 Å². The topological polar surface area (TPSA) is 18.5 Å². The van der Waals surface area contributed by atoms with Crippen molar-refractivity contribution >= 4 is 0 Å². The Labute approximate surface area is 124 Å². The van der Waals surface area contributed by atoms with Gasteiger partial charge in [-0.3, -0.25) is 4.90 Å². The Hall–Kier alpha value is -0.120. The molecule has 0 amide bonds. The van der Waals surface area contributed by atoms with Gasteiger partial charge >= 0.3 is 0 Å².